The molecule has 0 aliphatic carbocycles. The highest BCUT2D eigenvalue weighted by molar-refractivity contribution is 8.27. The second-order valence-electron chi connectivity index (χ2n) is 6.94. The third-order valence-electron chi connectivity index (χ3n) is 4.70. The number of rotatable bonds is 7. The topological polar surface area (TPSA) is 58.6 Å². The maximum Gasteiger partial charge on any atom is 0.270 e. The van der Waals surface area contributed by atoms with Crippen molar-refractivity contribution in [3.63, 3.8) is 0 Å². The Hall–Kier alpha value is -3.42. The number of carbonyl (C=O) groups is 2. The van der Waals surface area contributed by atoms with Crippen molar-refractivity contribution in [2.75, 3.05) is 11.5 Å². The van der Waals surface area contributed by atoms with Gasteiger partial charge in [0.05, 0.1) is 10.6 Å². The number of hydrogen-bond donors (Lipinski definition) is 1. The van der Waals surface area contributed by atoms with E-state index in [0.29, 0.717) is 27.1 Å². The van der Waals surface area contributed by atoms with Gasteiger partial charge in [-0.05, 0) is 29.8 Å². The van der Waals surface area contributed by atoms with Crippen molar-refractivity contribution in [2.24, 2.45) is 0 Å². The molecule has 2 amide bonds. The summed E-state index contributed by atoms with van der Waals surface area (Å²) in [5.74, 6) is 0.119. The van der Waals surface area contributed by atoms with Gasteiger partial charge in [-0.3, -0.25) is 14.5 Å². The molecule has 1 fully saturated rings. The molecular weight excluding hydrogens is 440 g/mol. The Labute approximate surface area is 196 Å². The lowest BCUT2D eigenvalue weighted by Gasteiger charge is -2.14. The van der Waals surface area contributed by atoms with Crippen LogP contribution in [-0.4, -0.2) is 22.7 Å². The molecule has 1 saturated heterocycles. The second kappa shape index (κ2) is 10.3. The van der Waals surface area contributed by atoms with Crippen LogP contribution in [0, 0.1) is 0 Å². The van der Waals surface area contributed by atoms with Crippen LogP contribution in [0.25, 0.3) is 6.08 Å². The average molecular weight is 461 g/mol. The van der Waals surface area contributed by atoms with Crippen LogP contribution in [0.5, 0.6) is 5.75 Å². The predicted octanol–water partition coefficient (Wildman–Crippen LogP) is 4.79. The van der Waals surface area contributed by atoms with Crippen molar-refractivity contribution < 1.29 is 14.3 Å². The molecule has 7 heteroatoms. The molecule has 1 aliphatic heterocycles. The number of ether oxygens (including phenoxy) is 1. The van der Waals surface area contributed by atoms with E-state index in [9.17, 15) is 9.59 Å². The highest BCUT2D eigenvalue weighted by atomic mass is 32.2. The molecule has 5 nitrogen and oxygen atoms in total. The Balaban J connectivity index is 1.43. The van der Waals surface area contributed by atoms with Crippen molar-refractivity contribution in [3.8, 4) is 5.75 Å². The summed E-state index contributed by atoms with van der Waals surface area (Å²) in [4.78, 5) is 27.2. The molecular formula is C25H20N2O3S2. The van der Waals surface area contributed by atoms with Crippen molar-refractivity contribution in [1.82, 2.24) is 5.32 Å². The zero-order chi connectivity index (χ0) is 22.3. The van der Waals surface area contributed by atoms with Crippen LogP contribution >= 0.6 is 24.0 Å². The summed E-state index contributed by atoms with van der Waals surface area (Å²) in [6, 6.07) is 26.3. The Bertz CT molecular complexity index is 1160. The highest BCUT2D eigenvalue weighted by Gasteiger charge is 2.33. The monoisotopic (exact) mass is 460 g/mol. The van der Waals surface area contributed by atoms with Crippen molar-refractivity contribution in [2.45, 2.75) is 6.54 Å². The quantitative estimate of drug-likeness (QED) is 0.406. The molecule has 4 rings (SSSR count). The largest absolute Gasteiger partial charge is 0.483 e. The molecule has 0 aromatic heterocycles. The number of anilines is 1. The van der Waals surface area contributed by atoms with Gasteiger partial charge in [0.1, 0.15) is 5.75 Å². The molecule has 1 heterocycles. The SMILES string of the molecule is O=C(COc1ccccc1/C=C1\SC(=S)N(c2ccccc2)C1=O)NCc1ccccc1. The van der Waals surface area contributed by atoms with E-state index in [1.165, 1.54) is 16.7 Å². The van der Waals surface area contributed by atoms with Crippen LogP contribution < -0.4 is 15.0 Å². The Morgan fingerprint density at radius 3 is 2.38 bits per heavy atom. The lowest BCUT2D eigenvalue weighted by atomic mass is 10.2. The molecule has 0 spiro atoms. The fourth-order valence-corrected chi connectivity index (χ4v) is 4.42. The summed E-state index contributed by atoms with van der Waals surface area (Å²) in [7, 11) is 0. The first-order valence-corrected chi connectivity index (χ1v) is 11.2. The number of carbonyl (C=O) groups excluding carboxylic acids is 2. The molecule has 0 saturated carbocycles. The van der Waals surface area contributed by atoms with Gasteiger partial charge in [0.25, 0.3) is 11.8 Å². The molecule has 160 valence electrons. The van der Waals surface area contributed by atoms with E-state index in [0.717, 1.165) is 11.3 Å². The van der Waals surface area contributed by atoms with Gasteiger partial charge < -0.3 is 10.1 Å². The smallest absolute Gasteiger partial charge is 0.270 e. The third kappa shape index (κ3) is 5.25. The number of nitrogens with one attached hydrogen (secondary N) is 1. The standard InChI is InChI=1S/C25H20N2O3S2/c28-23(26-16-18-9-3-1-4-10-18)17-30-21-14-8-7-11-19(21)15-22-24(29)27(25(31)32-22)20-12-5-2-6-13-20/h1-15H,16-17H2,(H,26,28)/b22-15-. The number of nitrogens with zero attached hydrogens (tertiary/aromatic N) is 1. The van der Waals surface area contributed by atoms with Crippen LogP contribution in [0.2, 0.25) is 0 Å². The maximum atomic E-state index is 13.0. The number of thiocarbonyl (C=S) groups is 1. The van der Waals surface area contributed by atoms with Gasteiger partial charge in [-0.15, -0.1) is 0 Å². The predicted molar refractivity (Wildman–Crippen MR) is 132 cm³/mol. The zero-order valence-corrected chi connectivity index (χ0v) is 18.7. The van der Waals surface area contributed by atoms with Crippen LogP contribution in [0.4, 0.5) is 5.69 Å². The van der Waals surface area contributed by atoms with Gasteiger partial charge in [0, 0.05) is 12.1 Å². The number of hydrogen-bond acceptors (Lipinski definition) is 5. The summed E-state index contributed by atoms with van der Waals surface area (Å²) < 4.78 is 6.23. The van der Waals surface area contributed by atoms with Crippen LogP contribution in [0.3, 0.4) is 0 Å². The lowest BCUT2D eigenvalue weighted by molar-refractivity contribution is -0.123. The van der Waals surface area contributed by atoms with Crippen LogP contribution in [0.1, 0.15) is 11.1 Å². The number of benzene rings is 3. The normalized spacial score (nSPS) is 14.6. The van der Waals surface area contributed by atoms with E-state index in [-0.39, 0.29) is 18.4 Å². The first-order chi connectivity index (χ1) is 15.6. The second-order valence-corrected chi connectivity index (χ2v) is 8.62. The van der Waals surface area contributed by atoms with Gasteiger partial charge in [0.15, 0.2) is 10.9 Å². The fraction of sp³-hybridized carbons (Fsp3) is 0.0800. The number of amides is 2. The molecule has 3 aromatic carbocycles. The fourth-order valence-electron chi connectivity index (χ4n) is 3.13. The summed E-state index contributed by atoms with van der Waals surface area (Å²) in [6.07, 6.45) is 1.75. The maximum absolute atomic E-state index is 13.0. The molecule has 0 radical (unpaired) electrons. The van der Waals surface area contributed by atoms with E-state index >= 15 is 0 Å². The van der Waals surface area contributed by atoms with E-state index in [1.54, 1.807) is 12.1 Å². The number of thioether (sulfide) groups is 1. The molecule has 1 aliphatic rings. The molecule has 32 heavy (non-hydrogen) atoms. The minimum absolute atomic E-state index is 0.122. The molecule has 0 atom stereocenters. The molecule has 0 unspecified atom stereocenters. The van der Waals surface area contributed by atoms with E-state index in [1.807, 2.05) is 78.9 Å². The lowest BCUT2D eigenvalue weighted by Crippen LogP contribution is -2.28. The van der Waals surface area contributed by atoms with Crippen LogP contribution in [-0.2, 0) is 16.1 Å². The highest BCUT2D eigenvalue weighted by Crippen LogP contribution is 2.37. The van der Waals surface area contributed by atoms with Crippen LogP contribution in [0.15, 0.2) is 89.8 Å². The van der Waals surface area contributed by atoms with Crippen molar-refractivity contribution in [1.29, 1.82) is 0 Å². The summed E-state index contributed by atoms with van der Waals surface area (Å²) in [6.45, 7) is 0.315. The van der Waals surface area contributed by atoms with Gasteiger partial charge in [0.2, 0.25) is 0 Å². The molecule has 0 bridgehead atoms. The Kier molecular flexibility index (Phi) is 6.99. The van der Waals surface area contributed by atoms with Gasteiger partial charge in [-0.25, -0.2) is 0 Å². The minimum Gasteiger partial charge on any atom is -0.483 e. The zero-order valence-electron chi connectivity index (χ0n) is 17.1. The minimum atomic E-state index is -0.223. The first kappa shape index (κ1) is 21.8. The van der Waals surface area contributed by atoms with Gasteiger partial charge in [-0.1, -0.05) is 90.7 Å². The van der Waals surface area contributed by atoms with Crippen molar-refractivity contribution >= 4 is 51.9 Å². The molecule has 1 N–H and O–H groups in total. The van der Waals surface area contributed by atoms with Gasteiger partial charge >= 0.3 is 0 Å². The average Bonchev–Trinajstić information content (AvgIpc) is 3.11. The van der Waals surface area contributed by atoms with E-state index in [4.69, 9.17) is 17.0 Å². The summed E-state index contributed by atoms with van der Waals surface area (Å²) in [5.41, 5.74) is 2.46. The van der Waals surface area contributed by atoms with Gasteiger partial charge in [-0.2, -0.15) is 0 Å². The third-order valence-corrected chi connectivity index (χ3v) is 6.01. The van der Waals surface area contributed by atoms with Crippen molar-refractivity contribution in [3.05, 3.63) is 101 Å². The van der Waals surface area contributed by atoms with E-state index < -0.39 is 0 Å². The Morgan fingerprint density at radius 2 is 1.62 bits per heavy atom. The Morgan fingerprint density at radius 1 is 0.969 bits per heavy atom. The summed E-state index contributed by atoms with van der Waals surface area (Å²) >= 11 is 6.67. The number of para-hydroxylation sites is 2. The molecule has 3 aromatic rings. The van der Waals surface area contributed by atoms with E-state index in [2.05, 4.69) is 5.32 Å². The summed E-state index contributed by atoms with van der Waals surface area (Å²) in [5, 5.41) is 2.84. The first-order valence-electron chi connectivity index (χ1n) is 9.97.